The first-order valence-corrected chi connectivity index (χ1v) is 8.50. The summed E-state index contributed by atoms with van der Waals surface area (Å²) in [5.41, 5.74) is 0. The van der Waals surface area contributed by atoms with Crippen molar-refractivity contribution in [1.82, 2.24) is 5.32 Å². The molecule has 0 spiro atoms. The zero-order chi connectivity index (χ0) is 12.8. The fourth-order valence-corrected chi connectivity index (χ4v) is 5.10. The van der Waals surface area contributed by atoms with E-state index in [2.05, 4.69) is 33.0 Å². The van der Waals surface area contributed by atoms with Crippen LogP contribution in [0.2, 0.25) is 0 Å². The zero-order valence-electron chi connectivity index (χ0n) is 11.9. The van der Waals surface area contributed by atoms with Crippen molar-refractivity contribution in [1.29, 1.82) is 0 Å². The third-order valence-electron chi connectivity index (χ3n) is 4.06. The molecule has 102 valence electrons. The van der Waals surface area contributed by atoms with E-state index in [1.54, 1.807) is 0 Å². The Balaban J connectivity index is 2.54. The molecule has 1 aliphatic rings. The summed E-state index contributed by atoms with van der Waals surface area (Å²) in [4.78, 5) is 0. The molecular formula is C14H29NOS. The zero-order valence-corrected chi connectivity index (χ0v) is 12.7. The maximum absolute atomic E-state index is 12.6. The van der Waals surface area contributed by atoms with Crippen LogP contribution in [0.1, 0.15) is 59.8 Å². The Morgan fingerprint density at radius 3 is 2.59 bits per heavy atom. The molecule has 2 nitrogen and oxygen atoms in total. The minimum absolute atomic E-state index is 0.287. The smallest absolute Gasteiger partial charge is 0.0475 e. The van der Waals surface area contributed by atoms with Gasteiger partial charge in [-0.3, -0.25) is 4.21 Å². The lowest BCUT2D eigenvalue weighted by Crippen LogP contribution is -2.43. The third-order valence-corrected chi connectivity index (χ3v) is 6.20. The maximum Gasteiger partial charge on any atom is 0.0475 e. The lowest BCUT2D eigenvalue weighted by molar-refractivity contribution is 0.386. The predicted octanol–water partition coefficient (Wildman–Crippen LogP) is 3.09. The molecule has 5 atom stereocenters. The molecule has 0 radical (unpaired) electrons. The van der Waals surface area contributed by atoms with E-state index >= 15 is 0 Å². The second-order valence-corrected chi connectivity index (χ2v) is 7.57. The average Bonchev–Trinajstić information content (AvgIpc) is 2.34. The molecule has 1 rings (SSSR count). The Morgan fingerprint density at radius 2 is 2.06 bits per heavy atom. The topological polar surface area (TPSA) is 29.1 Å². The van der Waals surface area contributed by atoms with Crippen molar-refractivity contribution in [2.45, 2.75) is 76.3 Å². The molecule has 3 heteroatoms. The van der Waals surface area contributed by atoms with E-state index in [1.165, 1.54) is 25.7 Å². The second-order valence-electron chi connectivity index (χ2n) is 5.50. The van der Waals surface area contributed by atoms with Gasteiger partial charge in [0.15, 0.2) is 0 Å². The highest BCUT2D eigenvalue weighted by Gasteiger charge is 2.30. The van der Waals surface area contributed by atoms with Gasteiger partial charge in [0, 0.05) is 27.3 Å². The van der Waals surface area contributed by atoms with Crippen molar-refractivity contribution >= 4 is 10.8 Å². The van der Waals surface area contributed by atoms with E-state index < -0.39 is 10.8 Å². The van der Waals surface area contributed by atoms with Gasteiger partial charge in [-0.15, -0.1) is 0 Å². The Labute approximate surface area is 109 Å². The fraction of sp³-hybridized carbons (Fsp3) is 1.00. The standard InChI is InChI=1S/C14H29NOS/c1-5-14(15-6-2)12(4)17(16)13-9-7-8-11(3)10-13/h11-15H,5-10H2,1-4H3. The summed E-state index contributed by atoms with van der Waals surface area (Å²) in [6.07, 6.45) is 6.00. The van der Waals surface area contributed by atoms with Crippen LogP contribution in [-0.2, 0) is 10.8 Å². The van der Waals surface area contributed by atoms with Gasteiger partial charge in [0.1, 0.15) is 0 Å². The van der Waals surface area contributed by atoms with Gasteiger partial charge in [0.2, 0.25) is 0 Å². The van der Waals surface area contributed by atoms with Crippen LogP contribution < -0.4 is 5.32 Å². The van der Waals surface area contributed by atoms with Gasteiger partial charge in [-0.1, -0.05) is 33.6 Å². The van der Waals surface area contributed by atoms with Gasteiger partial charge in [-0.25, -0.2) is 0 Å². The first-order valence-electron chi connectivity index (χ1n) is 7.22. The highest BCUT2D eigenvalue weighted by molar-refractivity contribution is 7.86. The number of rotatable bonds is 6. The highest BCUT2D eigenvalue weighted by atomic mass is 32.2. The summed E-state index contributed by atoms with van der Waals surface area (Å²) >= 11 is 0. The van der Waals surface area contributed by atoms with Crippen molar-refractivity contribution in [3.63, 3.8) is 0 Å². The molecule has 0 heterocycles. The van der Waals surface area contributed by atoms with Gasteiger partial charge >= 0.3 is 0 Å². The van der Waals surface area contributed by atoms with Crippen LogP contribution >= 0.6 is 0 Å². The molecule has 17 heavy (non-hydrogen) atoms. The monoisotopic (exact) mass is 259 g/mol. The number of hydrogen-bond acceptors (Lipinski definition) is 2. The minimum atomic E-state index is -0.666. The number of hydrogen-bond donors (Lipinski definition) is 1. The number of nitrogens with one attached hydrogen (secondary N) is 1. The lowest BCUT2D eigenvalue weighted by Gasteiger charge is -2.31. The van der Waals surface area contributed by atoms with E-state index in [0.717, 1.165) is 18.9 Å². The molecule has 1 aliphatic carbocycles. The van der Waals surface area contributed by atoms with Crippen molar-refractivity contribution in [2.24, 2.45) is 5.92 Å². The first kappa shape index (κ1) is 15.2. The lowest BCUT2D eigenvalue weighted by atomic mass is 9.90. The Morgan fingerprint density at radius 1 is 1.35 bits per heavy atom. The van der Waals surface area contributed by atoms with Crippen LogP contribution in [0.4, 0.5) is 0 Å². The average molecular weight is 259 g/mol. The molecule has 0 saturated heterocycles. The highest BCUT2D eigenvalue weighted by Crippen LogP contribution is 2.29. The minimum Gasteiger partial charge on any atom is -0.313 e. The Bertz CT molecular complexity index is 244. The molecule has 0 amide bonds. The largest absolute Gasteiger partial charge is 0.313 e. The maximum atomic E-state index is 12.6. The summed E-state index contributed by atoms with van der Waals surface area (Å²) in [5, 5.41) is 4.20. The van der Waals surface area contributed by atoms with Crippen LogP contribution in [0.5, 0.6) is 0 Å². The Kier molecular flexibility index (Phi) is 6.71. The molecule has 0 aromatic carbocycles. The van der Waals surface area contributed by atoms with Crippen molar-refractivity contribution in [3.8, 4) is 0 Å². The quantitative estimate of drug-likeness (QED) is 0.794. The Hall–Kier alpha value is 0.110. The van der Waals surface area contributed by atoms with Crippen molar-refractivity contribution in [3.05, 3.63) is 0 Å². The first-order chi connectivity index (χ1) is 8.10. The van der Waals surface area contributed by atoms with E-state index in [9.17, 15) is 4.21 Å². The molecule has 0 aromatic rings. The molecule has 5 unspecified atom stereocenters. The normalized spacial score (nSPS) is 30.8. The molecular weight excluding hydrogens is 230 g/mol. The summed E-state index contributed by atoms with van der Waals surface area (Å²) in [5.74, 6) is 0.768. The van der Waals surface area contributed by atoms with Crippen LogP contribution in [-0.4, -0.2) is 27.3 Å². The third kappa shape index (κ3) is 4.36. The van der Waals surface area contributed by atoms with E-state index in [0.29, 0.717) is 11.3 Å². The van der Waals surface area contributed by atoms with Gasteiger partial charge in [0.25, 0.3) is 0 Å². The molecule has 0 aliphatic heterocycles. The summed E-state index contributed by atoms with van der Waals surface area (Å²) in [6.45, 7) is 9.74. The van der Waals surface area contributed by atoms with E-state index in [-0.39, 0.29) is 5.25 Å². The predicted molar refractivity (Wildman–Crippen MR) is 76.8 cm³/mol. The summed E-state index contributed by atoms with van der Waals surface area (Å²) < 4.78 is 12.6. The summed E-state index contributed by atoms with van der Waals surface area (Å²) in [7, 11) is -0.666. The van der Waals surface area contributed by atoms with Crippen molar-refractivity contribution in [2.75, 3.05) is 6.54 Å². The molecule has 0 aromatic heterocycles. The molecule has 1 saturated carbocycles. The molecule has 0 bridgehead atoms. The molecule has 1 N–H and O–H groups in total. The van der Waals surface area contributed by atoms with Gasteiger partial charge < -0.3 is 5.32 Å². The van der Waals surface area contributed by atoms with Gasteiger partial charge in [0.05, 0.1) is 0 Å². The fourth-order valence-electron chi connectivity index (χ4n) is 2.96. The van der Waals surface area contributed by atoms with E-state index in [1.807, 2.05) is 0 Å². The van der Waals surface area contributed by atoms with Crippen molar-refractivity contribution < 1.29 is 4.21 Å². The van der Waals surface area contributed by atoms with E-state index in [4.69, 9.17) is 0 Å². The van der Waals surface area contributed by atoms with Crippen LogP contribution in [0.3, 0.4) is 0 Å². The second kappa shape index (κ2) is 7.52. The van der Waals surface area contributed by atoms with Crippen LogP contribution in [0, 0.1) is 5.92 Å². The van der Waals surface area contributed by atoms with Crippen LogP contribution in [0.25, 0.3) is 0 Å². The molecule has 1 fully saturated rings. The van der Waals surface area contributed by atoms with Gasteiger partial charge in [-0.2, -0.15) is 0 Å². The SMILES string of the molecule is CCNC(CC)C(C)S(=O)C1CCCC(C)C1. The van der Waals surface area contributed by atoms with Crippen LogP contribution in [0.15, 0.2) is 0 Å². The summed E-state index contributed by atoms with van der Waals surface area (Å²) in [6, 6.07) is 0.415. The van der Waals surface area contributed by atoms with Gasteiger partial charge in [-0.05, 0) is 38.6 Å².